The lowest BCUT2D eigenvalue weighted by molar-refractivity contribution is -0.131. The van der Waals surface area contributed by atoms with Crippen molar-refractivity contribution in [2.75, 3.05) is 20.1 Å². The Morgan fingerprint density at radius 1 is 1.19 bits per heavy atom. The third-order valence-electron chi connectivity index (χ3n) is 5.28. The molecule has 2 aromatic rings. The number of pyridine rings is 1. The lowest BCUT2D eigenvalue weighted by Crippen LogP contribution is -2.35. The number of rotatable bonds is 7. The van der Waals surface area contributed by atoms with E-state index in [4.69, 9.17) is 0 Å². The molecule has 0 saturated carbocycles. The van der Waals surface area contributed by atoms with Crippen molar-refractivity contribution in [2.24, 2.45) is 0 Å². The van der Waals surface area contributed by atoms with Crippen LogP contribution in [0.25, 0.3) is 0 Å². The first-order valence-electron chi connectivity index (χ1n) is 9.71. The average Bonchev–Trinajstić information content (AvgIpc) is 3.04. The van der Waals surface area contributed by atoms with Gasteiger partial charge in [0.25, 0.3) is 0 Å². The zero-order valence-electron chi connectivity index (χ0n) is 15.8. The zero-order valence-corrected chi connectivity index (χ0v) is 15.8. The summed E-state index contributed by atoms with van der Waals surface area (Å²) in [7, 11) is 2.17. The lowest BCUT2D eigenvalue weighted by atomic mass is 10.1. The summed E-state index contributed by atoms with van der Waals surface area (Å²) < 4.78 is 2.14. The van der Waals surface area contributed by atoms with Crippen LogP contribution < -0.4 is 0 Å². The fraction of sp³-hybridized carbons (Fsp3) is 0.524. The molecule has 0 radical (unpaired) electrons. The summed E-state index contributed by atoms with van der Waals surface area (Å²) in [6.45, 7) is 3.56. The van der Waals surface area contributed by atoms with Gasteiger partial charge in [0, 0.05) is 57.2 Å². The molecule has 5 nitrogen and oxygen atoms in total. The molecular weight excluding hydrogens is 324 g/mol. The molecule has 3 heterocycles. The molecule has 5 heteroatoms. The number of likely N-dealkylation sites (tertiary alicyclic amines) is 1. The number of nitrogens with zero attached hydrogens (tertiary/aromatic N) is 4. The highest BCUT2D eigenvalue weighted by Gasteiger charge is 2.23. The van der Waals surface area contributed by atoms with Crippen LogP contribution in [-0.4, -0.2) is 51.4 Å². The minimum Gasteiger partial charge on any atom is -0.354 e. The largest absolute Gasteiger partial charge is 0.354 e. The maximum atomic E-state index is 12.5. The molecule has 1 amide bonds. The highest BCUT2D eigenvalue weighted by molar-refractivity contribution is 5.76. The first kappa shape index (κ1) is 18.6. The average molecular weight is 354 g/mol. The van der Waals surface area contributed by atoms with Crippen molar-refractivity contribution in [1.29, 1.82) is 0 Å². The van der Waals surface area contributed by atoms with Gasteiger partial charge in [0.1, 0.15) is 0 Å². The molecule has 1 aliphatic heterocycles. The molecule has 1 aliphatic rings. The minimum absolute atomic E-state index is 0.310. The molecule has 0 aliphatic carbocycles. The van der Waals surface area contributed by atoms with E-state index in [9.17, 15) is 4.79 Å². The van der Waals surface area contributed by atoms with E-state index in [0.717, 1.165) is 57.6 Å². The van der Waals surface area contributed by atoms with Gasteiger partial charge in [0.05, 0.1) is 5.69 Å². The Hall–Kier alpha value is -2.14. The summed E-state index contributed by atoms with van der Waals surface area (Å²) in [5.74, 6) is 0.310. The topological polar surface area (TPSA) is 41.4 Å². The van der Waals surface area contributed by atoms with Crippen LogP contribution in [0.3, 0.4) is 0 Å². The zero-order chi connectivity index (χ0) is 18.2. The van der Waals surface area contributed by atoms with Crippen LogP contribution in [0.5, 0.6) is 0 Å². The van der Waals surface area contributed by atoms with Crippen molar-refractivity contribution in [3.8, 4) is 0 Å². The molecular formula is C21H30N4O. The lowest BCUT2D eigenvalue weighted by Gasteiger charge is -2.27. The Kier molecular flexibility index (Phi) is 6.83. The van der Waals surface area contributed by atoms with Crippen LogP contribution in [0.1, 0.15) is 37.8 Å². The van der Waals surface area contributed by atoms with Crippen LogP contribution in [0.4, 0.5) is 0 Å². The smallest absolute Gasteiger partial charge is 0.222 e. The van der Waals surface area contributed by atoms with Crippen molar-refractivity contribution in [3.63, 3.8) is 0 Å². The summed E-state index contributed by atoms with van der Waals surface area (Å²) in [6, 6.07) is 10.6. The van der Waals surface area contributed by atoms with Crippen LogP contribution in [0.15, 0.2) is 48.9 Å². The van der Waals surface area contributed by atoms with Crippen molar-refractivity contribution < 1.29 is 4.79 Å². The van der Waals surface area contributed by atoms with Crippen molar-refractivity contribution in [3.05, 3.63) is 54.6 Å². The van der Waals surface area contributed by atoms with Gasteiger partial charge in [0.2, 0.25) is 5.91 Å². The number of hydrogen-bond donors (Lipinski definition) is 0. The number of carbonyl (C=O) groups is 1. The maximum absolute atomic E-state index is 12.5. The molecule has 3 rings (SSSR count). The SMILES string of the molecule is CN(Cc1ccccn1)[C@H]1CCCN(C(=O)CCCn2cccc2)CC1. The molecule has 1 saturated heterocycles. The molecule has 0 spiro atoms. The highest BCUT2D eigenvalue weighted by atomic mass is 16.2. The van der Waals surface area contributed by atoms with E-state index < -0.39 is 0 Å². The Labute approximate surface area is 156 Å². The van der Waals surface area contributed by atoms with E-state index in [1.807, 2.05) is 30.5 Å². The summed E-state index contributed by atoms with van der Waals surface area (Å²) >= 11 is 0. The Morgan fingerprint density at radius 3 is 2.81 bits per heavy atom. The van der Waals surface area contributed by atoms with E-state index in [0.29, 0.717) is 18.4 Å². The van der Waals surface area contributed by atoms with E-state index in [2.05, 4.69) is 44.9 Å². The number of carbonyl (C=O) groups excluding carboxylic acids is 1. The standard InChI is InChI=1S/C21H30N4O/c1-23(18-19-8-2-3-12-22-19)20-9-6-16-25(17-11-20)21(26)10-7-15-24-13-4-5-14-24/h2-5,8,12-14,20H,6-7,9-11,15-18H2,1H3/t20-/m0/s1. The summed E-state index contributed by atoms with van der Waals surface area (Å²) in [5, 5.41) is 0. The van der Waals surface area contributed by atoms with Gasteiger partial charge in [-0.2, -0.15) is 0 Å². The molecule has 1 atom stereocenters. The van der Waals surface area contributed by atoms with Crippen LogP contribution in [0.2, 0.25) is 0 Å². The van der Waals surface area contributed by atoms with Gasteiger partial charge in [-0.25, -0.2) is 0 Å². The van der Waals surface area contributed by atoms with Gasteiger partial charge in [-0.1, -0.05) is 6.07 Å². The van der Waals surface area contributed by atoms with Gasteiger partial charge < -0.3 is 9.47 Å². The normalized spacial score (nSPS) is 18.1. The van der Waals surface area contributed by atoms with E-state index in [1.54, 1.807) is 0 Å². The number of aromatic nitrogens is 2. The van der Waals surface area contributed by atoms with E-state index >= 15 is 0 Å². The van der Waals surface area contributed by atoms with Crippen molar-refractivity contribution in [2.45, 2.75) is 51.2 Å². The minimum atomic E-state index is 0.310. The quantitative estimate of drug-likeness (QED) is 0.767. The molecule has 1 fully saturated rings. The second-order valence-electron chi connectivity index (χ2n) is 7.23. The molecule has 0 aromatic carbocycles. The first-order chi connectivity index (χ1) is 12.7. The molecule has 0 bridgehead atoms. The molecule has 2 aromatic heterocycles. The summed E-state index contributed by atoms with van der Waals surface area (Å²) in [5.41, 5.74) is 1.11. The van der Waals surface area contributed by atoms with Gasteiger partial charge in [-0.15, -0.1) is 0 Å². The fourth-order valence-corrected chi connectivity index (χ4v) is 3.74. The molecule has 0 N–H and O–H groups in total. The number of hydrogen-bond acceptors (Lipinski definition) is 3. The molecule has 140 valence electrons. The van der Waals surface area contributed by atoms with E-state index in [-0.39, 0.29) is 0 Å². The predicted octanol–water partition coefficient (Wildman–Crippen LogP) is 3.18. The Balaban J connectivity index is 1.42. The molecule has 0 unspecified atom stereocenters. The number of aryl methyl sites for hydroxylation is 1. The third kappa shape index (κ3) is 5.43. The Morgan fingerprint density at radius 2 is 2.04 bits per heavy atom. The van der Waals surface area contributed by atoms with Gasteiger partial charge in [-0.3, -0.25) is 14.7 Å². The summed E-state index contributed by atoms with van der Waals surface area (Å²) in [6.07, 6.45) is 10.8. The predicted molar refractivity (Wildman–Crippen MR) is 104 cm³/mol. The van der Waals surface area contributed by atoms with Gasteiger partial charge in [-0.05, 0) is 57.0 Å². The van der Waals surface area contributed by atoms with Crippen LogP contribution >= 0.6 is 0 Å². The summed E-state index contributed by atoms with van der Waals surface area (Å²) in [4.78, 5) is 21.4. The highest BCUT2D eigenvalue weighted by Crippen LogP contribution is 2.18. The van der Waals surface area contributed by atoms with Gasteiger partial charge >= 0.3 is 0 Å². The van der Waals surface area contributed by atoms with Crippen molar-refractivity contribution >= 4 is 5.91 Å². The second kappa shape index (κ2) is 9.53. The first-order valence-corrected chi connectivity index (χ1v) is 9.71. The Bertz CT molecular complexity index is 656. The van der Waals surface area contributed by atoms with E-state index in [1.165, 1.54) is 0 Å². The number of amides is 1. The van der Waals surface area contributed by atoms with Crippen LogP contribution in [0, 0.1) is 0 Å². The van der Waals surface area contributed by atoms with Gasteiger partial charge in [0.15, 0.2) is 0 Å². The van der Waals surface area contributed by atoms with Crippen molar-refractivity contribution in [1.82, 2.24) is 19.4 Å². The monoisotopic (exact) mass is 354 g/mol. The third-order valence-corrected chi connectivity index (χ3v) is 5.28. The second-order valence-corrected chi connectivity index (χ2v) is 7.23. The fourth-order valence-electron chi connectivity index (χ4n) is 3.74. The molecule has 26 heavy (non-hydrogen) atoms. The maximum Gasteiger partial charge on any atom is 0.222 e. The van der Waals surface area contributed by atoms with Crippen LogP contribution in [-0.2, 0) is 17.9 Å².